The topological polar surface area (TPSA) is 295 Å². The summed E-state index contributed by atoms with van der Waals surface area (Å²) in [6.45, 7) is 20.0. The van der Waals surface area contributed by atoms with Crippen molar-refractivity contribution >= 4 is 72.4 Å². The largest absolute Gasteiger partial charge is 0.347 e. The first-order valence-corrected chi connectivity index (χ1v) is 42.2. The van der Waals surface area contributed by atoms with Crippen LogP contribution >= 0.6 is 0 Å². The highest BCUT2D eigenvalue weighted by Gasteiger charge is 2.38. The van der Waals surface area contributed by atoms with Crippen molar-refractivity contribution in [1.82, 2.24) is 79.3 Å². The molecule has 0 atom stereocenters. The average molecular weight is 1710 g/mol. The molecule has 7 aromatic heterocycles. The van der Waals surface area contributed by atoms with E-state index < -0.39 is 23.3 Å². The number of nitrogens with zero attached hydrogens (tertiary/aromatic N) is 13. The van der Waals surface area contributed by atoms with Crippen molar-refractivity contribution in [1.29, 1.82) is 0 Å². The molecule has 0 radical (unpaired) electrons. The highest BCUT2D eigenvalue weighted by molar-refractivity contribution is 6.07. The maximum Gasteiger partial charge on any atom is 0.272 e. The first kappa shape index (κ1) is 84.3. The number of likely N-dealkylation sites (tertiary alicyclic amines) is 1. The van der Waals surface area contributed by atoms with Gasteiger partial charge >= 0.3 is 0 Å². The quantitative estimate of drug-likeness (QED) is 0.0517. The van der Waals surface area contributed by atoms with Crippen molar-refractivity contribution in [3.8, 4) is 0 Å². The fourth-order valence-corrected chi connectivity index (χ4v) is 17.4. The van der Waals surface area contributed by atoms with Gasteiger partial charge in [-0.3, -0.25) is 43.0 Å². The number of hydrogen-bond donors (Lipinski definition) is 4. The molecule has 1 saturated heterocycles. The second-order valence-electron chi connectivity index (χ2n) is 33.3. The number of nitrogens with one attached hydrogen (secondary N) is 4. The Balaban J connectivity index is 0.000000119. The van der Waals surface area contributed by atoms with Gasteiger partial charge in [0.1, 0.15) is 36.4 Å². The van der Waals surface area contributed by atoms with Crippen molar-refractivity contribution in [3.05, 3.63) is 378 Å². The smallest absolute Gasteiger partial charge is 0.272 e. The summed E-state index contributed by atoms with van der Waals surface area (Å²) in [5, 5.41) is 36.6. The number of carbonyl (C=O) groups is 4. The van der Waals surface area contributed by atoms with E-state index in [2.05, 4.69) is 100 Å². The van der Waals surface area contributed by atoms with E-state index >= 15 is 0 Å². The zero-order valence-corrected chi connectivity index (χ0v) is 70.9. The summed E-state index contributed by atoms with van der Waals surface area (Å²) in [6, 6.07) is 52.1. The zero-order chi connectivity index (χ0) is 88.7. The summed E-state index contributed by atoms with van der Waals surface area (Å²) >= 11 is 0. The molecule has 15 aromatic rings. The number of aromatic nitrogens is 12. The normalized spacial score (nSPS) is 13.8. The van der Waals surface area contributed by atoms with Crippen molar-refractivity contribution in [2.45, 2.75) is 132 Å². The van der Waals surface area contributed by atoms with E-state index in [4.69, 9.17) is 0 Å². The van der Waals surface area contributed by atoms with Gasteiger partial charge < -0.3 is 28.7 Å². The molecule has 0 bridgehead atoms. The summed E-state index contributed by atoms with van der Waals surface area (Å²) in [5.41, 5.74) is 13.5. The summed E-state index contributed by atoms with van der Waals surface area (Å²) in [7, 11) is 0. The highest BCUT2D eigenvalue weighted by atomic mass is 19.1. The number of rotatable bonds is 16. The number of aromatic amines is 4. The van der Waals surface area contributed by atoms with Crippen LogP contribution in [0, 0.1) is 23.3 Å². The van der Waals surface area contributed by atoms with E-state index in [-0.39, 0.29) is 74.2 Å². The van der Waals surface area contributed by atoms with Crippen LogP contribution in [0.4, 0.5) is 17.6 Å². The Labute approximate surface area is 725 Å². The number of amides is 4. The minimum absolute atomic E-state index is 0.0260. The predicted molar refractivity (Wildman–Crippen MR) is 474 cm³/mol. The maximum atomic E-state index is 14.7. The number of hydrogen-bond acceptors (Lipinski definition) is 13. The number of benzene rings is 8. The highest BCUT2D eigenvalue weighted by Crippen LogP contribution is 2.34. The van der Waals surface area contributed by atoms with Gasteiger partial charge in [0, 0.05) is 126 Å². The molecule has 4 amide bonds. The number of halogens is 4. The van der Waals surface area contributed by atoms with Gasteiger partial charge in [0.25, 0.3) is 45.9 Å². The van der Waals surface area contributed by atoms with Crippen molar-refractivity contribution in [2.75, 3.05) is 26.2 Å². The Morgan fingerprint density at radius 2 is 0.693 bits per heavy atom. The lowest BCUT2D eigenvalue weighted by Crippen LogP contribution is -2.31. The molecule has 29 heteroatoms. The van der Waals surface area contributed by atoms with Gasteiger partial charge in [-0.15, -0.1) is 0 Å². The summed E-state index contributed by atoms with van der Waals surface area (Å²) < 4.78 is 67.0. The second kappa shape index (κ2) is 35.4. The molecular weight excluding hydrogens is 1620 g/mol. The van der Waals surface area contributed by atoms with Crippen LogP contribution in [0.3, 0.4) is 0 Å². The standard InChI is InChI=1S/2C25H23FN4O2.C24H22FN5O2.C24H21FN4O2/c2*1-15(2)30-10-9-17-13-29(14-23(17)30)25(32)20-11-16(7-8-21(20)26)12-22-18-5-3-4-6-19(18)24(31)28-27-22;1-14(2)30-12-16-11-29(13-22(16)28-30)24(32)19-9-15(7-8-20(19)25)10-21-17-5-3-4-6-18(17)23(31)27-26-21;1-2-28-10-9-16-13-29(14-22(16)28)24(31)19-11-15(7-8-20(19)25)12-21-17-5-3-4-6-18(17)23(30)27-26-21/h2*3-11,15H,12-14H2,1-2H3,(H,28,31);3-9,12,14H,10-11,13H2,1-2H3,(H,27,31);3-9,11H,2,10,12-14H2,1H3/p+1. The number of carbonyl (C=O) groups excluding carboxylic acids is 4. The van der Waals surface area contributed by atoms with E-state index in [1.807, 2.05) is 97.8 Å². The first-order valence-electron chi connectivity index (χ1n) is 42.2. The van der Waals surface area contributed by atoms with E-state index in [0.29, 0.717) is 134 Å². The van der Waals surface area contributed by atoms with Gasteiger partial charge in [-0.25, -0.2) is 42.5 Å². The van der Waals surface area contributed by atoms with E-state index in [0.717, 1.165) is 102 Å². The van der Waals surface area contributed by atoms with Gasteiger partial charge in [0.05, 0.1) is 98.4 Å². The number of fused-ring (bicyclic) bond motifs is 8. The molecule has 1 fully saturated rings. The second-order valence-corrected chi connectivity index (χ2v) is 33.3. The molecule has 5 aliphatic rings. The van der Waals surface area contributed by atoms with Crippen LogP contribution in [0.2, 0.25) is 0 Å². The fraction of sp³-hybridized carbons (Fsp3) is 0.245. The molecule has 4 N–H and O–H groups in total. The van der Waals surface area contributed by atoms with E-state index in [9.17, 15) is 55.9 Å². The van der Waals surface area contributed by atoms with Crippen LogP contribution in [-0.4, -0.2) is 139 Å². The van der Waals surface area contributed by atoms with Crippen LogP contribution in [0.25, 0.3) is 43.1 Å². The molecule has 20 rings (SSSR count). The zero-order valence-electron chi connectivity index (χ0n) is 70.9. The van der Waals surface area contributed by atoms with Crippen molar-refractivity contribution < 1.29 is 41.3 Å². The van der Waals surface area contributed by atoms with Crippen LogP contribution in [-0.2, 0) is 65.0 Å². The SMILES string of the molecule is CC(C)n1cc2c(n1)CN(C(=O)c1cc(Cc3n[nH]c(=O)c4ccccc34)ccc1F)C2.CC(C)n1ccc2c1CN(C(=O)c1cc(Cc3n[nH]c(=O)c4ccccc34)ccc1F)C2.CC(C)n1ccc2c1CN(C(=O)c1cc(Cc3n[nH]c(=O)c4ccccc34)ccc1F)C2.CC[N+]1=C2CN(C(=O)c3cc(Cc4n[nH]c(=O)c5ccccc45)ccc3F)CC2=CC1. The lowest BCUT2D eigenvalue weighted by atomic mass is 10.0. The van der Waals surface area contributed by atoms with Crippen molar-refractivity contribution in [3.63, 3.8) is 0 Å². The maximum absolute atomic E-state index is 14.7. The minimum atomic E-state index is -0.560. The van der Waals surface area contributed by atoms with Gasteiger partial charge in [-0.2, -0.15) is 25.5 Å². The third-order valence-corrected chi connectivity index (χ3v) is 24.1. The van der Waals surface area contributed by atoms with Gasteiger partial charge in [-0.1, -0.05) is 97.1 Å². The van der Waals surface area contributed by atoms with Gasteiger partial charge in [0.15, 0.2) is 6.54 Å². The summed E-state index contributed by atoms with van der Waals surface area (Å²) in [5.74, 6) is -3.49. The molecular formula is C98H90F4N17O8+. The Morgan fingerprint density at radius 1 is 0.378 bits per heavy atom. The molecule has 5 aliphatic heterocycles. The molecule has 12 heterocycles. The molecule has 642 valence electrons. The molecule has 0 spiro atoms. The predicted octanol–water partition coefficient (Wildman–Crippen LogP) is 14.5. The Kier molecular flexibility index (Phi) is 23.5. The van der Waals surface area contributed by atoms with E-state index in [1.165, 1.54) is 24.3 Å². The molecule has 0 aliphatic carbocycles. The van der Waals surface area contributed by atoms with Crippen LogP contribution < -0.4 is 22.2 Å². The average Bonchev–Trinajstić information content (AvgIpc) is 1.68. The Morgan fingerprint density at radius 3 is 1.01 bits per heavy atom. The summed E-state index contributed by atoms with van der Waals surface area (Å²) in [6.07, 6.45) is 9.66. The third kappa shape index (κ3) is 17.1. The molecule has 0 unspecified atom stereocenters. The Hall–Kier alpha value is -14.9. The Bertz CT molecular complexity index is 7010. The minimum Gasteiger partial charge on any atom is -0.347 e. The molecule has 25 nitrogen and oxygen atoms in total. The number of likely N-dealkylation sites (N-methyl/N-ethyl adjacent to an activating group) is 1. The fourth-order valence-electron chi connectivity index (χ4n) is 17.4. The monoisotopic (exact) mass is 1710 g/mol. The summed E-state index contributed by atoms with van der Waals surface area (Å²) in [4.78, 5) is 107. The number of H-pyrrole nitrogens is 4. The molecule has 0 saturated carbocycles. The van der Waals surface area contributed by atoms with Crippen LogP contribution in [0.5, 0.6) is 0 Å². The first-order chi connectivity index (χ1) is 61.3. The third-order valence-electron chi connectivity index (χ3n) is 24.1. The molecule has 8 aromatic carbocycles. The van der Waals surface area contributed by atoms with Crippen LogP contribution in [0.1, 0.15) is 187 Å². The lowest BCUT2D eigenvalue weighted by Gasteiger charge is -2.18. The van der Waals surface area contributed by atoms with Crippen molar-refractivity contribution in [2.24, 2.45) is 0 Å². The van der Waals surface area contributed by atoms with Gasteiger partial charge in [-0.05, 0) is 173 Å². The van der Waals surface area contributed by atoms with Crippen LogP contribution in [0.15, 0.2) is 231 Å². The lowest BCUT2D eigenvalue weighted by molar-refractivity contribution is -0.510. The van der Waals surface area contributed by atoms with Gasteiger partial charge in [0.2, 0.25) is 5.71 Å². The molecule has 127 heavy (non-hydrogen) atoms. The van der Waals surface area contributed by atoms with E-state index in [1.54, 1.807) is 117 Å².